The maximum atomic E-state index is 12.1. The Morgan fingerprint density at radius 1 is 1.06 bits per heavy atom. The molecule has 3 rings (SSSR count). The zero-order valence-corrected chi connectivity index (χ0v) is 18.1. The van der Waals surface area contributed by atoms with Crippen molar-refractivity contribution < 1.29 is 24.0 Å². The van der Waals surface area contributed by atoms with E-state index in [4.69, 9.17) is 21.1 Å². The van der Waals surface area contributed by atoms with Gasteiger partial charge in [-0.2, -0.15) is 5.10 Å². The Hall–Kier alpha value is -4.24. The summed E-state index contributed by atoms with van der Waals surface area (Å²) in [5.41, 5.74) is 3.92. The molecule has 168 valence electrons. The lowest BCUT2D eigenvalue weighted by atomic mass is 10.2. The van der Waals surface area contributed by atoms with Gasteiger partial charge in [-0.15, -0.1) is 0 Å². The molecule has 0 spiro atoms. The smallest absolute Gasteiger partial charge is 0.343 e. The highest BCUT2D eigenvalue weighted by Gasteiger charge is 2.11. The van der Waals surface area contributed by atoms with Crippen LogP contribution in [0.5, 0.6) is 11.5 Å². The molecule has 0 aliphatic heterocycles. The van der Waals surface area contributed by atoms with E-state index in [-0.39, 0.29) is 23.6 Å². The van der Waals surface area contributed by atoms with Gasteiger partial charge in [0.25, 0.3) is 11.6 Å². The predicted molar refractivity (Wildman–Crippen MR) is 122 cm³/mol. The molecule has 3 aromatic rings. The number of hydrazone groups is 1. The summed E-state index contributed by atoms with van der Waals surface area (Å²) in [6.45, 7) is 1.62. The van der Waals surface area contributed by atoms with Crippen LogP contribution in [-0.4, -0.2) is 29.6 Å². The molecule has 0 aromatic heterocycles. The van der Waals surface area contributed by atoms with E-state index in [1.165, 1.54) is 30.5 Å². The molecule has 3 aromatic carbocycles. The highest BCUT2D eigenvalue weighted by Crippen LogP contribution is 2.21. The second kappa shape index (κ2) is 10.9. The van der Waals surface area contributed by atoms with E-state index >= 15 is 0 Å². The average molecular weight is 468 g/mol. The summed E-state index contributed by atoms with van der Waals surface area (Å²) in [7, 11) is 0. The monoisotopic (exact) mass is 467 g/mol. The van der Waals surface area contributed by atoms with Crippen LogP contribution in [-0.2, 0) is 4.79 Å². The highest BCUT2D eigenvalue weighted by atomic mass is 35.5. The first-order valence-corrected chi connectivity index (χ1v) is 9.97. The van der Waals surface area contributed by atoms with E-state index in [0.717, 1.165) is 5.56 Å². The molecule has 0 saturated heterocycles. The number of non-ortho nitro benzene ring substituents is 1. The number of carbonyl (C=O) groups is 2. The first kappa shape index (κ1) is 23.4. The van der Waals surface area contributed by atoms with Crippen LogP contribution in [0.3, 0.4) is 0 Å². The molecule has 0 bridgehead atoms. The van der Waals surface area contributed by atoms with Crippen LogP contribution >= 0.6 is 11.6 Å². The molecule has 0 atom stereocenters. The number of hydrogen-bond donors (Lipinski definition) is 1. The molecule has 0 aliphatic rings. The third kappa shape index (κ3) is 6.88. The normalized spacial score (nSPS) is 10.6. The number of halogens is 1. The van der Waals surface area contributed by atoms with Crippen molar-refractivity contribution in [3.05, 3.63) is 98.6 Å². The third-order valence-corrected chi connectivity index (χ3v) is 4.73. The van der Waals surface area contributed by atoms with Crippen LogP contribution in [0.2, 0.25) is 5.02 Å². The fourth-order valence-electron chi connectivity index (χ4n) is 2.57. The summed E-state index contributed by atoms with van der Waals surface area (Å²) in [4.78, 5) is 34.1. The second-order valence-electron chi connectivity index (χ2n) is 6.76. The minimum absolute atomic E-state index is 0.117. The fraction of sp³-hybridized carbons (Fsp3) is 0.0870. The maximum absolute atomic E-state index is 12.1. The first-order chi connectivity index (χ1) is 15.8. The standard InChI is InChI=1S/C23H18ClN3O6/c1-15-12-20(10-11-21(15)24)32-14-22(28)26-25-13-16-2-8-19(9-3-16)33-23(29)17-4-6-18(7-5-17)27(30)31/h2-13H,14H2,1H3,(H,26,28). The molecular weight excluding hydrogens is 450 g/mol. The number of rotatable bonds is 8. The number of esters is 1. The first-order valence-electron chi connectivity index (χ1n) is 9.59. The lowest BCUT2D eigenvalue weighted by Crippen LogP contribution is -2.24. The van der Waals surface area contributed by atoms with Gasteiger partial charge in [-0.25, -0.2) is 10.2 Å². The average Bonchev–Trinajstić information content (AvgIpc) is 2.81. The molecule has 0 aliphatic carbocycles. The van der Waals surface area contributed by atoms with Crippen LogP contribution in [0.4, 0.5) is 5.69 Å². The van der Waals surface area contributed by atoms with Crippen LogP contribution < -0.4 is 14.9 Å². The van der Waals surface area contributed by atoms with E-state index in [1.54, 1.807) is 42.5 Å². The number of aryl methyl sites for hydroxylation is 1. The topological polar surface area (TPSA) is 120 Å². The fourth-order valence-corrected chi connectivity index (χ4v) is 2.69. The Labute approximate surface area is 193 Å². The molecule has 0 saturated carbocycles. The Kier molecular flexibility index (Phi) is 7.72. The quantitative estimate of drug-likeness (QED) is 0.173. The lowest BCUT2D eigenvalue weighted by molar-refractivity contribution is -0.384. The van der Waals surface area contributed by atoms with Crippen molar-refractivity contribution in [3.8, 4) is 11.5 Å². The third-order valence-electron chi connectivity index (χ3n) is 4.31. The minimum atomic E-state index is -0.644. The zero-order chi connectivity index (χ0) is 23.8. The predicted octanol–water partition coefficient (Wildman–Crippen LogP) is 4.30. The largest absolute Gasteiger partial charge is 0.484 e. The van der Waals surface area contributed by atoms with Crippen molar-refractivity contribution in [3.63, 3.8) is 0 Å². The molecule has 1 amide bonds. The van der Waals surface area contributed by atoms with Gasteiger partial charge in [0.2, 0.25) is 0 Å². The summed E-state index contributed by atoms with van der Waals surface area (Å²) in [5.74, 6) is -0.275. The van der Waals surface area contributed by atoms with Gasteiger partial charge in [-0.1, -0.05) is 11.6 Å². The van der Waals surface area contributed by atoms with Gasteiger partial charge in [0.15, 0.2) is 6.61 Å². The lowest BCUT2D eigenvalue weighted by Gasteiger charge is -2.06. The van der Waals surface area contributed by atoms with E-state index in [1.807, 2.05) is 6.92 Å². The number of amides is 1. The van der Waals surface area contributed by atoms with Gasteiger partial charge in [-0.3, -0.25) is 14.9 Å². The molecule has 0 heterocycles. The Bertz CT molecular complexity index is 1190. The SMILES string of the molecule is Cc1cc(OCC(=O)NN=Cc2ccc(OC(=O)c3ccc([N+](=O)[O-])cc3)cc2)ccc1Cl. The number of hydrogen-bond acceptors (Lipinski definition) is 7. The number of ether oxygens (including phenoxy) is 2. The Balaban J connectivity index is 1.47. The highest BCUT2D eigenvalue weighted by molar-refractivity contribution is 6.31. The summed E-state index contributed by atoms with van der Waals surface area (Å²) in [6, 6.07) is 16.6. The van der Waals surface area contributed by atoms with Gasteiger partial charge in [0.05, 0.1) is 16.7 Å². The number of nitro groups is 1. The summed E-state index contributed by atoms with van der Waals surface area (Å²) in [5, 5.41) is 15.1. The van der Waals surface area contributed by atoms with Crippen molar-refractivity contribution in [2.45, 2.75) is 6.92 Å². The van der Waals surface area contributed by atoms with Gasteiger partial charge < -0.3 is 9.47 Å². The van der Waals surface area contributed by atoms with Crippen molar-refractivity contribution >= 4 is 35.4 Å². The van der Waals surface area contributed by atoms with Crippen molar-refractivity contribution in [1.29, 1.82) is 0 Å². The molecule has 0 radical (unpaired) electrons. The number of nitro benzene ring substituents is 1. The van der Waals surface area contributed by atoms with Crippen molar-refractivity contribution in [1.82, 2.24) is 5.43 Å². The Morgan fingerprint density at radius 3 is 2.36 bits per heavy atom. The molecular formula is C23H18ClN3O6. The van der Waals surface area contributed by atoms with Crippen LogP contribution in [0.1, 0.15) is 21.5 Å². The molecule has 0 fully saturated rings. The van der Waals surface area contributed by atoms with Gasteiger partial charge >= 0.3 is 5.97 Å². The summed E-state index contributed by atoms with van der Waals surface area (Å²) in [6.07, 6.45) is 1.42. The van der Waals surface area contributed by atoms with Crippen LogP contribution in [0.15, 0.2) is 71.8 Å². The van der Waals surface area contributed by atoms with Crippen LogP contribution in [0.25, 0.3) is 0 Å². The van der Waals surface area contributed by atoms with Crippen molar-refractivity contribution in [2.24, 2.45) is 5.10 Å². The summed E-state index contributed by atoms with van der Waals surface area (Å²) >= 11 is 5.95. The molecule has 0 unspecified atom stereocenters. The molecule has 10 heteroatoms. The van der Waals surface area contributed by atoms with Gasteiger partial charge in [-0.05, 0) is 72.6 Å². The molecule has 33 heavy (non-hydrogen) atoms. The van der Waals surface area contributed by atoms with E-state index in [0.29, 0.717) is 16.3 Å². The van der Waals surface area contributed by atoms with Crippen LogP contribution in [0, 0.1) is 17.0 Å². The minimum Gasteiger partial charge on any atom is -0.484 e. The van der Waals surface area contributed by atoms with E-state index in [2.05, 4.69) is 10.5 Å². The molecule has 1 N–H and O–H groups in total. The molecule has 9 nitrogen and oxygen atoms in total. The Morgan fingerprint density at radius 2 is 1.73 bits per heavy atom. The van der Waals surface area contributed by atoms with Gasteiger partial charge in [0, 0.05) is 17.2 Å². The number of carbonyl (C=O) groups excluding carboxylic acids is 2. The van der Waals surface area contributed by atoms with Crippen molar-refractivity contribution in [2.75, 3.05) is 6.61 Å². The van der Waals surface area contributed by atoms with Gasteiger partial charge in [0.1, 0.15) is 11.5 Å². The van der Waals surface area contributed by atoms with E-state index in [9.17, 15) is 19.7 Å². The number of nitrogens with zero attached hydrogens (tertiary/aromatic N) is 2. The van der Waals surface area contributed by atoms with E-state index < -0.39 is 16.8 Å². The number of benzene rings is 3. The summed E-state index contributed by atoms with van der Waals surface area (Å²) < 4.78 is 10.6. The second-order valence-corrected chi connectivity index (χ2v) is 7.16. The number of nitrogens with one attached hydrogen (secondary N) is 1. The zero-order valence-electron chi connectivity index (χ0n) is 17.4. The maximum Gasteiger partial charge on any atom is 0.343 e.